The van der Waals surface area contributed by atoms with Gasteiger partial charge in [0, 0.05) is 6.54 Å². The van der Waals surface area contributed by atoms with E-state index in [-0.39, 0.29) is 5.91 Å². The van der Waals surface area contributed by atoms with Crippen molar-refractivity contribution in [2.75, 3.05) is 19.9 Å². The lowest BCUT2D eigenvalue weighted by molar-refractivity contribution is -0.130. The molecular weight excluding hydrogens is 178 g/mol. The van der Waals surface area contributed by atoms with Crippen molar-refractivity contribution in [1.82, 2.24) is 4.90 Å². The molecule has 0 N–H and O–H groups in total. The van der Waals surface area contributed by atoms with E-state index in [1.54, 1.807) is 4.90 Å². The van der Waals surface area contributed by atoms with Gasteiger partial charge in [0.25, 0.3) is 0 Å². The number of nitrogens with zero attached hydrogens (tertiary/aromatic N) is 1. The van der Waals surface area contributed by atoms with Crippen LogP contribution in [0.5, 0.6) is 0 Å². The molecule has 0 aliphatic carbocycles. The molecule has 0 bridgehead atoms. The molecule has 74 valence electrons. The second kappa shape index (κ2) is 4.24. The predicted molar refractivity (Wildman–Crippen MR) is 52.7 cm³/mol. The standard InChI is InChI=1S/C11H13NO2/c13-11(12-6-7-14-9-12)8-10-4-2-1-3-5-10/h1-5H,6-9H2. The summed E-state index contributed by atoms with van der Waals surface area (Å²) >= 11 is 0. The van der Waals surface area contributed by atoms with Crippen LogP contribution in [-0.4, -0.2) is 30.7 Å². The normalized spacial score (nSPS) is 15.9. The maximum atomic E-state index is 11.7. The molecule has 1 saturated heterocycles. The molecule has 2 rings (SSSR count). The Kier molecular flexibility index (Phi) is 2.79. The van der Waals surface area contributed by atoms with E-state index in [0.29, 0.717) is 19.8 Å². The van der Waals surface area contributed by atoms with Gasteiger partial charge >= 0.3 is 0 Å². The third-order valence-electron chi connectivity index (χ3n) is 2.30. The van der Waals surface area contributed by atoms with E-state index < -0.39 is 0 Å². The predicted octanol–water partition coefficient (Wildman–Crippen LogP) is 1.05. The molecule has 1 aliphatic heterocycles. The zero-order chi connectivity index (χ0) is 9.80. The van der Waals surface area contributed by atoms with Crippen molar-refractivity contribution in [3.63, 3.8) is 0 Å². The minimum absolute atomic E-state index is 0.147. The summed E-state index contributed by atoms with van der Waals surface area (Å²) in [6.45, 7) is 1.85. The molecule has 1 fully saturated rings. The third kappa shape index (κ3) is 2.12. The van der Waals surface area contributed by atoms with Gasteiger partial charge in [-0.25, -0.2) is 0 Å². The summed E-state index contributed by atoms with van der Waals surface area (Å²) in [5.74, 6) is 0.147. The topological polar surface area (TPSA) is 29.5 Å². The van der Waals surface area contributed by atoms with Crippen molar-refractivity contribution >= 4 is 5.91 Å². The van der Waals surface area contributed by atoms with E-state index in [9.17, 15) is 4.79 Å². The summed E-state index contributed by atoms with van der Waals surface area (Å²) < 4.78 is 5.12. The zero-order valence-electron chi connectivity index (χ0n) is 7.98. The van der Waals surface area contributed by atoms with Gasteiger partial charge < -0.3 is 9.64 Å². The van der Waals surface area contributed by atoms with Crippen LogP contribution in [0.2, 0.25) is 0 Å². The van der Waals surface area contributed by atoms with Crippen LogP contribution in [0.4, 0.5) is 0 Å². The lowest BCUT2D eigenvalue weighted by Crippen LogP contribution is -2.29. The zero-order valence-corrected chi connectivity index (χ0v) is 7.98. The van der Waals surface area contributed by atoms with Gasteiger partial charge in [-0.2, -0.15) is 0 Å². The molecule has 14 heavy (non-hydrogen) atoms. The van der Waals surface area contributed by atoms with Gasteiger partial charge in [0.15, 0.2) is 0 Å². The lowest BCUT2D eigenvalue weighted by atomic mass is 10.1. The van der Waals surface area contributed by atoms with Crippen LogP contribution in [0, 0.1) is 0 Å². The highest BCUT2D eigenvalue weighted by molar-refractivity contribution is 5.78. The van der Waals surface area contributed by atoms with E-state index in [0.717, 1.165) is 12.1 Å². The SMILES string of the molecule is O=C(Cc1ccccc1)N1CCOC1. The Hall–Kier alpha value is -1.35. The van der Waals surface area contributed by atoms with E-state index in [1.165, 1.54) is 0 Å². The van der Waals surface area contributed by atoms with Crippen LogP contribution >= 0.6 is 0 Å². The maximum Gasteiger partial charge on any atom is 0.228 e. The summed E-state index contributed by atoms with van der Waals surface area (Å²) in [6, 6.07) is 9.78. The second-order valence-electron chi connectivity index (χ2n) is 3.36. The van der Waals surface area contributed by atoms with Crippen LogP contribution in [-0.2, 0) is 16.0 Å². The first kappa shape index (κ1) is 9.21. The van der Waals surface area contributed by atoms with E-state index in [4.69, 9.17) is 4.74 Å². The Morgan fingerprint density at radius 2 is 2.14 bits per heavy atom. The van der Waals surface area contributed by atoms with Crippen molar-refractivity contribution in [3.05, 3.63) is 35.9 Å². The fraction of sp³-hybridized carbons (Fsp3) is 0.364. The fourth-order valence-electron chi connectivity index (χ4n) is 1.49. The number of rotatable bonds is 2. The molecule has 0 unspecified atom stereocenters. The molecule has 1 amide bonds. The number of benzene rings is 1. The van der Waals surface area contributed by atoms with E-state index >= 15 is 0 Å². The Morgan fingerprint density at radius 1 is 1.36 bits per heavy atom. The van der Waals surface area contributed by atoms with E-state index in [2.05, 4.69) is 0 Å². The number of hydrogen-bond donors (Lipinski definition) is 0. The molecule has 1 aromatic carbocycles. The van der Waals surface area contributed by atoms with Crippen molar-refractivity contribution in [3.8, 4) is 0 Å². The summed E-state index contributed by atoms with van der Waals surface area (Å²) in [7, 11) is 0. The molecule has 1 heterocycles. The first-order chi connectivity index (χ1) is 6.86. The van der Waals surface area contributed by atoms with Gasteiger partial charge in [-0.3, -0.25) is 4.79 Å². The van der Waals surface area contributed by atoms with Crippen LogP contribution in [0.3, 0.4) is 0 Å². The van der Waals surface area contributed by atoms with Crippen LogP contribution in [0.15, 0.2) is 30.3 Å². The van der Waals surface area contributed by atoms with Crippen molar-refractivity contribution < 1.29 is 9.53 Å². The van der Waals surface area contributed by atoms with E-state index in [1.807, 2.05) is 30.3 Å². The van der Waals surface area contributed by atoms with Crippen molar-refractivity contribution in [2.24, 2.45) is 0 Å². The average Bonchev–Trinajstić information content (AvgIpc) is 2.72. The monoisotopic (exact) mass is 191 g/mol. The minimum Gasteiger partial charge on any atom is -0.359 e. The highest BCUT2D eigenvalue weighted by Crippen LogP contribution is 2.05. The molecule has 0 radical (unpaired) electrons. The third-order valence-corrected chi connectivity index (χ3v) is 2.30. The molecule has 0 saturated carbocycles. The summed E-state index contributed by atoms with van der Waals surface area (Å²) in [5, 5.41) is 0. The molecule has 0 atom stereocenters. The van der Waals surface area contributed by atoms with Crippen molar-refractivity contribution in [1.29, 1.82) is 0 Å². The number of hydrogen-bond acceptors (Lipinski definition) is 2. The van der Waals surface area contributed by atoms with Gasteiger partial charge in [0.2, 0.25) is 5.91 Å². The number of amides is 1. The van der Waals surface area contributed by atoms with Gasteiger partial charge in [-0.05, 0) is 5.56 Å². The molecule has 1 aromatic rings. The Bertz CT molecular complexity index is 304. The summed E-state index contributed by atoms with van der Waals surface area (Å²) in [5.41, 5.74) is 1.06. The van der Waals surface area contributed by atoms with Crippen LogP contribution in [0.25, 0.3) is 0 Å². The summed E-state index contributed by atoms with van der Waals surface area (Å²) in [4.78, 5) is 13.4. The molecule has 1 aliphatic rings. The van der Waals surface area contributed by atoms with Gasteiger partial charge in [0.1, 0.15) is 6.73 Å². The Balaban J connectivity index is 1.94. The first-order valence-corrected chi connectivity index (χ1v) is 4.76. The van der Waals surface area contributed by atoms with Crippen LogP contribution in [0.1, 0.15) is 5.56 Å². The minimum atomic E-state index is 0.147. The molecule has 0 spiro atoms. The van der Waals surface area contributed by atoms with Crippen molar-refractivity contribution in [2.45, 2.75) is 6.42 Å². The lowest BCUT2D eigenvalue weighted by Gasteiger charge is -2.12. The second-order valence-corrected chi connectivity index (χ2v) is 3.36. The highest BCUT2D eigenvalue weighted by atomic mass is 16.5. The average molecular weight is 191 g/mol. The molecule has 3 heteroatoms. The maximum absolute atomic E-state index is 11.7. The quantitative estimate of drug-likeness (QED) is 0.699. The fourth-order valence-corrected chi connectivity index (χ4v) is 1.49. The largest absolute Gasteiger partial charge is 0.359 e. The number of ether oxygens (including phenoxy) is 1. The molecular formula is C11H13NO2. The van der Waals surface area contributed by atoms with Gasteiger partial charge in [-0.1, -0.05) is 30.3 Å². The number of carbonyl (C=O) groups is 1. The smallest absolute Gasteiger partial charge is 0.228 e. The van der Waals surface area contributed by atoms with Crippen LogP contribution < -0.4 is 0 Å². The summed E-state index contributed by atoms with van der Waals surface area (Å²) in [6.07, 6.45) is 0.476. The van der Waals surface area contributed by atoms with Gasteiger partial charge in [-0.15, -0.1) is 0 Å². The molecule has 0 aromatic heterocycles. The highest BCUT2D eigenvalue weighted by Gasteiger charge is 2.17. The first-order valence-electron chi connectivity index (χ1n) is 4.76. The van der Waals surface area contributed by atoms with Gasteiger partial charge in [0.05, 0.1) is 13.0 Å². The Morgan fingerprint density at radius 3 is 2.79 bits per heavy atom. The number of carbonyl (C=O) groups excluding carboxylic acids is 1. The molecule has 3 nitrogen and oxygen atoms in total. The Labute approximate surface area is 83.3 Å².